The van der Waals surface area contributed by atoms with Crippen molar-refractivity contribution in [3.8, 4) is 17.4 Å². The van der Waals surface area contributed by atoms with Gasteiger partial charge in [-0.3, -0.25) is 4.79 Å². The second-order valence-electron chi connectivity index (χ2n) is 5.51. The smallest absolute Gasteiger partial charge is 0.256 e. The van der Waals surface area contributed by atoms with E-state index in [2.05, 4.69) is 10.3 Å². The molecular formula is C18H20N2O4S. The summed E-state index contributed by atoms with van der Waals surface area (Å²) in [6.45, 7) is 0. The Morgan fingerprint density at radius 3 is 2.84 bits per heavy atom. The van der Waals surface area contributed by atoms with Crippen LogP contribution in [0.5, 0.6) is 17.4 Å². The van der Waals surface area contributed by atoms with E-state index in [0.29, 0.717) is 28.6 Å². The number of rotatable bonds is 6. The Hall–Kier alpha value is -2.41. The summed E-state index contributed by atoms with van der Waals surface area (Å²) in [7, 11) is 3.12. The highest BCUT2D eigenvalue weighted by atomic mass is 32.2. The fourth-order valence-electron chi connectivity index (χ4n) is 2.49. The highest BCUT2D eigenvalue weighted by Crippen LogP contribution is 2.29. The lowest BCUT2D eigenvalue weighted by atomic mass is 10.2. The number of hydrogen-bond donors (Lipinski definition) is 1. The molecule has 0 bridgehead atoms. The topological polar surface area (TPSA) is 69.7 Å². The van der Waals surface area contributed by atoms with Gasteiger partial charge in [-0.2, -0.15) is 11.8 Å². The van der Waals surface area contributed by atoms with E-state index in [1.54, 1.807) is 50.7 Å². The van der Waals surface area contributed by atoms with E-state index in [9.17, 15) is 4.79 Å². The zero-order chi connectivity index (χ0) is 17.6. The van der Waals surface area contributed by atoms with Crippen molar-refractivity contribution in [1.82, 2.24) is 4.98 Å². The number of hydrogen-bond acceptors (Lipinski definition) is 6. The minimum atomic E-state index is -0.253. The molecule has 1 N–H and O–H groups in total. The number of carbonyl (C=O) groups excluding carboxylic acids is 1. The standard InChI is InChI=1S/C18H20N2O4S/c1-22-13-3-4-15(16(10-13)23-2)20-18(21)12-5-7-19-17(9-12)24-14-6-8-25-11-14/h3-5,7,9-10,14H,6,8,11H2,1-2H3,(H,20,21). The Morgan fingerprint density at radius 1 is 1.24 bits per heavy atom. The molecule has 1 aromatic heterocycles. The van der Waals surface area contributed by atoms with Crippen LogP contribution in [0.15, 0.2) is 36.5 Å². The number of aromatic nitrogens is 1. The Bertz CT molecular complexity index is 748. The summed E-state index contributed by atoms with van der Waals surface area (Å²) in [6.07, 6.45) is 2.75. The van der Waals surface area contributed by atoms with Crippen molar-refractivity contribution in [2.24, 2.45) is 0 Å². The van der Waals surface area contributed by atoms with E-state index >= 15 is 0 Å². The van der Waals surface area contributed by atoms with Gasteiger partial charge in [0.05, 0.1) is 19.9 Å². The molecule has 1 aliphatic heterocycles. The first-order valence-electron chi connectivity index (χ1n) is 7.93. The molecule has 1 amide bonds. The van der Waals surface area contributed by atoms with Gasteiger partial charge in [0.25, 0.3) is 5.91 Å². The maximum absolute atomic E-state index is 12.5. The van der Waals surface area contributed by atoms with Gasteiger partial charge >= 0.3 is 0 Å². The third-order valence-corrected chi connectivity index (χ3v) is 4.96. The summed E-state index contributed by atoms with van der Waals surface area (Å²) in [5.41, 5.74) is 1.05. The molecule has 132 valence electrons. The molecule has 0 saturated carbocycles. The van der Waals surface area contributed by atoms with Crippen LogP contribution in [0.2, 0.25) is 0 Å². The summed E-state index contributed by atoms with van der Waals surface area (Å²) >= 11 is 1.86. The molecule has 6 nitrogen and oxygen atoms in total. The maximum Gasteiger partial charge on any atom is 0.256 e. The van der Waals surface area contributed by atoms with Crippen LogP contribution in [-0.2, 0) is 0 Å². The predicted molar refractivity (Wildman–Crippen MR) is 98.1 cm³/mol. The fraction of sp³-hybridized carbons (Fsp3) is 0.333. The van der Waals surface area contributed by atoms with Crippen LogP contribution >= 0.6 is 11.8 Å². The number of carbonyl (C=O) groups is 1. The van der Waals surface area contributed by atoms with Crippen LogP contribution in [0.3, 0.4) is 0 Å². The number of methoxy groups -OCH3 is 2. The SMILES string of the molecule is COc1ccc(NC(=O)c2ccnc(OC3CCSC3)c2)c(OC)c1. The molecule has 0 aliphatic carbocycles. The van der Waals surface area contributed by atoms with Crippen molar-refractivity contribution < 1.29 is 19.0 Å². The Labute approximate surface area is 150 Å². The second-order valence-corrected chi connectivity index (χ2v) is 6.66. The first-order valence-corrected chi connectivity index (χ1v) is 9.09. The van der Waals surface area contributed by atoms with Gasteiger partial charge in [-0.25, -0.2) is 4.98 Å². The second kappa shape index (κ2) is 8.11. The minimum Gasteiger partial charge on any atom is -0.497 e. The van der Waals surface area contributed by atoms with Crippen molar-refractivity contribution in [1.29, 1.82) is 0 Å². The normalized spacial score (nSPS) is 16.3. The van der Waals surface area contributed by atoms with Gasteiger partial charge in [0.15, 0.2) is 0 Å². The zero-order valence-electron chi connectivity index (χ0n) is 14.2. The molecule has 25 heavy (non-hydrogen) atoms. The van der Waals surface area contributed by atoms with Crippen molar-refractivity contribution in [3.05, 3.63) is 42.1 Å². The van der Waals surface area contributed by atoms with Crippen LogP contribution in [0.25, 0.3) is 0 Å². The Morgan fingerprint density at radius 2 is 2.12 bits per heavy atom. The number of nitrogens with zero attached hydrogens (tertiary/aromatic N) is 1. The average Bonchev–Trinajstić information content (AvgIpc) is 3.15. The first-order chi connectivity index (χ1) is 12.2. The van der Waals surface area contributed by atoms with Crippen LogP contribution in [0.4, 0.5) is 5.69 Å². The highest BCUT2D eigenvalue weighted by Gasteiger charge is 2.18. The highest BCUT2D eigenvalue weighted by molar-refractivity contribution is 7.99. The van der Waals surface area contributed by atoms with E-state index in [1.165, 1.54) is 0 Å². The van der Waals surface area contributed by atoms with Crippen molar-refractivity contribution in [3.63, 3.8) is 0 Å². The summed E-state index contributed by atoms with van der Waals surface area (Å²) < 4.78 is 16.3. The molecule has 0 spiro atoms. The third kappa shape index (κ3) is 4.36. The van der Waals surface area contributed by atoms with E-state index in [4.69, 9.17) is 14.2 Å². The van der Waals surface area contributed by atoms with E-state index < -0.39 is 0 Å². The summed E-state index contributed by atoms with van der Waals surface area (Å²) in [5.74, 6) is 3.46. The predicted octanol–water partition coefficient (Wildman–Crippen LogP) is 3.24. The third-order valence-electron chi connectivity index (χ3n) is 3.83. The van der Waals surface area contributed by atoms with E-state index in [1.807, 2.05) is 11.8 Å². The van der Waals surface area contributed by atoms with Crippen LogP contribution in [-0.4, -0.2) is 42.7 Å². The summed E-state index contributed by atoms with van der Waals surface area (Å²) in [5, 5.41) is 2.84. The largest absolute Gasteiger partial charge is 0.497 e. The van der Waals surface area contributed by atoms with Crippen molar-refractivity contribution >= 4 is 23.4 Å². The monoisotopic (exact) mass is 360 g/mol. The van der Waals surface area contributed by atoms with Crippen LogP contribution in [0.1, 0.15) is 16.8 Å². The number of benzene rings is 1. The lowest BCUT2D eigenvalue weighted by Gasteiger charge is -2.13. The number of pyridine rings is 1. The molecule has 3 rings (SSSR count). The van der Waals surface area contributed by atoms with E-state index in [0.717, 1.165) is 17.9 Å². The van der Waals surface area contributed by atoms with Crippen LogP contribution < -0.4 is 19.5 Å². The molecule has 2 heterocycles. The summed E-state index contributed by atoms with van der Waals surface area (Å²) in [4.78, 5) is 16.7. The van der Waals surface area contributed by atoms with Gasteiger partial charge in [-0.05, 0) is 30.4 Å². The Balaban J connectivity index is 1.72. The summed E-state index contributed by atoms with van der Waals surface area (Å²) in [6, 6.07) is 8.53. The lowest BCUT2D eigenvalue weighted by molar-refractivity contribution is 0.102. The maximum atomic E-state index is 12.5. The molecule has 1 unspecified atom stereocenters. The Kier molecular flexibility index (Phi) is 5.65. The van der Waals surface area contributed by atoms with Crippen molar-refractivity contribution in [2.45, 2.75) is 12.5 Å². The number of amides is 1. The molecule has 0 radical (unpaired) electrons. The van der Waals surface area contributed by atoms with Gasteiger partial charge in [0.1, 0.15) is 17.6 Å². The fourth-order valence-corrected chi connectivity index (χ4v) is 3.58. The molecular weight excluding hydrogens is 340 g/mol. The van der Waals surface area contributed by atoms with Gasteiger partial charge in [-0.15, -0.1) is 0 Å². The van der Waals surface area contributed by atoms with Crippen molar-refractivity contribution in [2.75, 3.05) is 31.0 Å². The average molecular weight is 360 g/mol. The van der Waals surface area contributed by atoms with Gasteiger partial charge in [0, 0.05) is 29.6 Å². The molecule has 1 aliphatic rings. The van der Waals surface area contributed by atoms with E-state index in [-0.39, 0.29) is 12.0 Å². The number of thioether (sulfide) groups is 1. The molecule has 1 atom stereocenters. The lowest BCUT2D eigenvalue weighted by Crippen LogP contribution is -2.17. The van der Waals surface area contributed by atoms with Gasteiger partial charge in [-0.1, -0.05) is 0 Å². The van der Waals surface area contributed by atoms with Gasteiger partial charge in [0.2, 0.25) is 5.88 Å². The molecule has 1 saturated heterocycles. The quantitative estimate of drug-likeness (QED) is 0.853. The first kappa shape index (κ1) is 17.4. The zero-order valence-corrected chi connectivity index (χ0v) is 15.0. The number of ether oxygens (including phenoxy) is 3. The molecule has 7 heteroatoms. The minimum absolute atomic E-state index is 0.164. The molecule has 1 fully saturated rings. The van der Waals surface area contributed by atoms with Crippen LogP contribution in [0, 0.1) is 0 Å². The number of nitrogens with one attached hydrogen (secondary N) is 1. The van der Waals surface area contributed by atoms with Gasteiger partial charge < -0.3 is 19.5 Å². The number of anilines is 1. The molecule has 1 aromatic carbocycles. The molecule has 2 aromatic rings.